The molecule has 2 aromatic rings. The van der Waals surface area contributed by atoms with E-state index in [0.717, 1.165) is 5.56 Å². The molecule has 0 aliphatic carbocycles. The van der Waals surface area contributed by atoms with Crippen LogP contribution in [0.3, 0.4) is 0 Å². The number of carbonyl (C=O) groups is 1. The van der Waals surface area contributed by atoms with Gasteiger partial charge in [-0.2, -0.15) is 11.3 Å². The lowest BCUT2D eigenvalue weighted by Gasteiger charge is -2.04. The van der Waals surface area contributed by atoms with Crippen LogP contribution in [0.1, 0.15) is 29.1 Å². The molecule has 5 nitrogen and oxygen atoms in total. The summed E-state index contributed by atoms with van der Waals surface area (Å²) in [5, 5.41) is 10.6. The fraction of sp³-hybridized carbons (Fsp3) is 0.333. The van der Waals surface area contributed by atoms with Gasteiger partial charge in [0.1, 0.15) is 10.7 Å². The molecule has 2 rings (SSSR count). The molecular formula is C12H16N4OS2. The van der Waals surface area contributed by atoms with E-state index in [1.54, 1.807) is 11.3 Å². The highest BCUT2D eigenvalue weighted by molar-refractivity contribution is 7.18. The molecule has 1 amide bonds. The van der Waals surface area contributed by atoms with Crippen LogP contribution in [-0.2, 0) is 6.54 Å². The average molecular weight is 296 g/mol. The zero-order valence-electron chi connectivity index (χ0n) is 10.8. The van der Waals surface area contributed by atoms with Crippen molar-refractivity contribution in [1.29, 1.82) is 0 Å². The second kappa shape index (κ2) is 6.03. The summed E-state index contributed by atoms with van der Waals surface area (Å²) in [6.45, 7) is 4.52. The van der Waals surface area contributed by atoms with Crippen molar-refractivity contribution in [3.63, 3.8) is 0 Å². The van der Waals surface area contributed by atoms with Gasteiger partial charge in [-0.25, -0.2) is 4.98 Å². The van der Waals surface area contributed by atoms with Gasteiger partial charge in [-0.3, -0.25) is 4.79 Å². The molecule has 4 N–H and O–H groups in total. The molecule has 0 aromatic carbocycles. The van der Waals surface area contributed by atoms with E-state index in [4.69, 9.17) is 5.73 Å². The number of nitrogen functional groups attached to an aromatic ring is 1. The van der Waals surface area contributed by atoms with E-state index in [0.29, 0.717) is 16.6 Å². The molecule has 0 radical (unpaired) electrons. The number of aromatic nitrogens is 1. The van der Waals surface area contributed by atoms with E-state index in [2.05, 4.69) is 15.6 Å². The van der Waals surface area contributed by atoms with Gasteiger partial charge >= 0.3 is 0 Å². The van der Waals surface area contributed by atoms with Crippen molar-refractivity contribution in [2.75, 3.05) is 11.1 Å². The third kappa shape index (κ3) is 3.68. The molecule has 0 aliphatic heterocycles. The van der Waals surface area contributed by atoms with Crippen LogP contribution in [0, 0.1) is 0 Å². The largest absolute Gasteiger partial charge is 0.382 e. The highest BCUT2D eigenvalue weighted by atomic mass is 32.1. The van der Waals surface area contributed by atoms with Gasteiger partial charge in [0, 0.05) is 12.6 Å². The Hall–Kier alpha value is -1.60. The summed E-state index contributed by atoms with van der Waals surface area (Å²) in [6, 6.07) is 2.24. The van der Waals surface area contributed by atoms with E-state index in [1.807, 2.05) is 30.7 Å². The maximum atomic E-state index is 12.0. The summed E-state index contributed by atoms with van der Waals surface area (Å²) in [7, 11) is 0. The SMILES string of the molecule is CC(C)Nc1nc(N)c(C(=O)NCc2ccsc2)s1. The Bertz CT molecular complexity index is 548. The van der Waals surface area contributed by atoms with Crippen molar-refractivity contribution in [3.05, 3.63) is 27.3 Å². The molecule has 102 valence electrons. The van der Waals surface area contributed by atoms with Crippen molar-refractivity contribution >= 4 is 39.5 Å². The first-order chi connectivity index (χ1) is 9.06. The van der Waals surface area contributed by atoms with Crippen molar-refractivity contribution in [2.45, 2.75) is 26.4 Å². The summed E-state index contributed by atoms with van der Waals surface area (Å²) in [5.41, 5.74) is 6.85. The maximum Gasteiger partial charge on any atom is 0.265 e. The zero-order valence-corrected chi connectivity index (χ0v) is 12.4. The predicted molar refractivity (Wildman–Crippen MR) is 80.8 cm³/mol. The molecule has 0 bridgehead atoms. The summed E-state index contributed by atoms with van der Waals surface area (Å²) in [4.78, 5) is 16.6. The van der Waals surface area contributed by atoms with E-state index in [-0.39, 0.29) is 17.8 Å². The lowest BCUT2D eigenvalue weighted by molar-refractivity contribution is 0.0955. The van der Waals surface area contributed by atoms with E-state index in [1.165, 1.54) is 11.3 Å². The Morgan fingerprint density at radius 3 is 2.95 bits per heavy atom. The number of thiazole rings is 1. The summed E-state index contributed by atoms with van der Waals surface area (Å²) in [6.07, 6.45) is 0. The van der Waals surface area contributed by atoms with Crippen molar-refractivity contribution in [3.8, 4) is 0 Å². The minimum absolute atomic E-state index is 0.182. The molecule has 0 saturated carbocycles. The average Bonchev–Trinajstić information content (AvgIpc) is 2.95. The smallest absolute Gasteiger partial charge is 0.265 e. The quantitative estimate of drug-likeness (QED) is 0.792. The number of nitrogens with one attached hydrogen (secondary N) is 2. The first-order valence-corrected chi connectivity index (χ1v) is 7.64. The minimum atomic E-state index is -0.182. The van der Waals surface area contributed by atoms with Crippen LogP contribution in [0.5, 0.6) is 0 Å². The standard InChI is InChI=1S/C12H16N4OS2/c1-7(2)15-12-16-10(13)9(19-12)11(17)14-5-8-3-4-18-6-8/h3-4,6-7H,5,13H2,1-2H3,(H,14,17)(H,15,16). The lowest BCUT2D eigenvalue weighted by atomic mass is 10.3. The normalized spacial score (nSPS) is 10.7. The Morgan fingerprint density at radius 1 is 1.53 bits per heavy atom. The fourth-order valence-corrected chi connectivity index (χ4v) is 3.07. The monoisotopic (exact) mass is 296 g/mol. The third-order valence-electron chi connectivity index (χ3n) is 2.30. The third-order valence-corrected chi connectivity index (χ3v) is 4.04. The number of anilines is 2. The Morgan fingerprint density at radius 2 is 2.32 bits per heavy atom. The predicted octanol–water partition coefficient (Wildman–Crippen LogP) is 2.54. The number of nitrogens with zero attached hydrogens (tertiary/aromatic N) is 1. The maximum absolute atomic E-state index is 12.0. The molecule has 19 heavy (non-hydrogen) atoms. The number of nitrogens with two attached hydrogens (primary N) is 1. The van der Waals surface area contributed by atoms with E-state index in [9.17, 15) is 4.79 Å². The van der Waals surface area contributed by atoms with Crippen LogP contribution in [0.25, 0.3) is 0 Å². The van der Waals surface area contributed by atoms with Gasteiger partial charge in [-0.15, -0.1) is 0 Å². The molecular weight excluding hydrogens is 280 g/mol. The Kier molecular flexibility index (Phi) is 4.39. The highest BCUT2D eigenvalue weighted by Crippen LogP contribution is 2.25. The number of hydrogen-bond acceptors (Lipinski definition) is 6. The molecule has 0 fully saturated rings. The molecule has 0 unspecified atom stereocenters. The van der Waals surface area contributed by atoms with Gasteiger partial charge in [0.15, 0.2) is 5.13 Å². The van der Waals surface area contributed by atoms with Crippen molar-refractivity contribution in [2.24, 2.45) is 0 Å². The number of rotatable bonds is 5. The van der Waals surface area contributed by atoms with Crippen LogP contribution in [0.4, 0.5) is 10.9 Å². The van der Waals surface area contributed by atoms with Crippen molar-refractivity contribution < 1.29 is 4.79 Å². The summed E-state index contributed by atoms with van der Waals surface area (Å²) in [5.74, 6) is 0.0916. The molecule has 2 heterocycles. The fourth-order valence-electron chi connectivity index (χ4n) is 1.46. The number of carbonyl (C=O) groups excluding carboxylic acids is 1. The first kappa shape index (κ1) is 13.8. The van der Waals surface area contributed by atoms with Gasteiger partial charge in [0.25, 0.3) is 5.91 Å². The molecule has 0 saturated heterocycles. The second-order valence-corrected chi connectivity index (χ2v) is 6.13. The number of amides is 1. The Labute approximate surface area is 119 Å². The van der Waals surface area contributed by atoms with Crippen LogP contribution in [-0.4, -0.2) is 16.9 Å². The van der Waals surface area contributed by atoms with Crippen molar-refractivity contribution in [1.82, 2.24) is 10.3 Å². The van der Waals surface area contributed by atoms with Gasteiger partial charge in [-0.05, 0) is 36.2 Å². The van der Waals surface area contributed by atoms with Gasteiger partial charge in [0.2, 0.25) is 0 Å². The molecule has 2 aromatic heterocycles. The van der Waals surface area contributed by atoms with Crippen LogP contribution in [0.2, 0.25) is 0 Å². The molecule has 7 heteroatoms. The van der Waals surface area contributed by atoms with Gasteiger partial charge < -0.3 is 16.4 Å². The topological polar surface area (TPSA) is 80.0 Å². The number of hydrogen-bond donors (Lipinski definition) is 3. The molecule has 0 atom stereocenters. The van der Waals surface area contributed by atoms with E-state index >= 15 is 0 Å². The van der Waals surface area contributed by atoms with E-state index < -0.39 is 0 Å². The summed E-state index contributed by atoms with van der Waals surface area (Å²) >= 11 is 2.88. The summed E-state index contributed by atoms with van der Waals surface area (Å²) < 4.78 is 0. The van der Waals surface area contributed by atoms with Crippen LogP contribution < -0.4 is 16.4 Å². The van der Waals surface area contributed by atoms with Crippen LogP contribution in [0.15, 0.2) is 16.8 Å². The molecule has 0 aliphatic rings. The molecule has 0 spiro atoms. The number of thiophene rings is 1. The highest BCUT2D eigenvalue weighted by Gasteiger charge is 2.16. The lowest BCUT2D eigenvalue weighted by Crippen LogP contribution is -2.22. The van der Waals surface area contributed by atoms with Gasteiger partial charge in [-0.1, -0.05) is 11.3 Å². The zero-order chi connectivity index (χ0) is 13.8. The van der Waals surface area contributed by atoms with Crippen LogP contribution >= 0.6 is 22.7 Å². The second-order valence-electron chi connectivity index (χ2n) is 4.35. The van der Waals surface area contributed by atoms with Gasteiger partial charge in [0.05, 0.1) is 0 Å². The first-order valence-electron chi connectivity index (χ1n) is 5.88. The Balaban J connectivity index is 2.00. The minimum Gasteiger partial charge on any atom is -0.382 e.